The summed E-state index contributed by atoms with van der Waals surface area (Å²) in [7, 11) is -7.23. The quantitative estimate of drug-likeness (QED) is 0.214. The van der Waals surface area contributed by atoms with Crippen LogP contribution < -0.4 is 0 Å². The second-order valence-corrected chi connectivity index (χ2v) is 40.3. The molecule has 33 heavy (non-hydrogen) atoms. The Kier molecular flexibility index (Phi) is 14.5. The van der Waals surface area contributed by atoms with Crippen LogP contribution >= 0.6 is 0 Å². The second-order valence-electron chi connectivity index (χ2n) is 14.3. The van der Waals surface area contributed by atoms with Gasteiger partial charge >= 0.3 is 26.2 Å². The molecule has 0 N–H and O–H groups in total. The van der Waals surface area contributed by atoms with Gasteiger partial charge in [-0.05, 0) is 8.07 Å². The monoisotopic (exact) mass is 610 g/mol. The smallest absolute Gasteiger partial charge is 0.358 e. The van der Waals surface area contributed by atoms with E-state index in [2.05, 4.69) is 116 Å². The van der Waals surface area contributed by atoms with E-state index in [-0.39, 0.29) is 41.1 Å². The van der Waals surface area contributed by atoms with Crippen LogP contribution in [0.25, 0.3) is 0 Å². The molecule has 0 aromatic heterocycles. The zero-order valence-electron chi connectivity index (χ0n) is 25.4. The molecule has 2 aliphatic rings. The van der Waals surface area contributed by atoms with Crippen molar-refractivity contribution < 1.29 is 26.2 Å². The zero-order valence-corrected chi connectivity index (χ0v) is 32.9. The van der Waals surface area contributed by atoms with E-state index in [1.54, 1.807) is 5.20 Å². The van der Waals surface area contributed by atoms with Crippen molar-refractivity contribution in [1.82, 2.24) is 0 Å². The summed E-state index contributed by atoms with van der Waals surface area (Å²) in [4.78, 5) is 0. The molecule has 0 saturated carbocycles. The predicted octanol–water partition coefficient (Wildman–Crippen LogP) is 9.82. The molecule has 0 spiro atoms. The summed E-state index contributed by atoms with van der Waals surface area (Å²) < 4.78 is 0.329. The molecule has 0 fully saturated rings. The maximum atomic E-state index is 4.43. The molecule has 0 bridgehead atoms. The minimum absolute atomic E-state index is 0. The van der Waals surface area contributed by atoms with Gasteiger partial charge in [0.15, 0.2) is 0 Å². The van der Waals surface area contributed by atoms with Crippen molar-refractivity contribution >= 4 is 40.4 Å². The molecule has 2 rings (SSSR count). The molecule has 0 heterocycles. The van der Waals surface area contributed by atoms with Crippen LogP contribution in [0.4, 0.5) is 0 Å². The van der Waals surface area contributed by atoms with Crippen LogP contribution in [0.5, 0.6) is 0 Å². The summed E-state index contributed by atoms with van der Waals surface area (Å²) in [5.41, 5.74) is 0. The fraction of sp³-hybridized carbons (Fsp3) is 0.630. The van der Waals surface area contributed by atoms with E-state index in [9.17, 15) is 0 Å². The normalized spacial score (nSPS) is 18.0. The first kappa shape index (κ1) is 38.5. The summed E-state index contributed by atoms with van der Waals surface area (Å²) in [6.07, 6.45) is 14.4. The number of hydrogen-bond acceptors (Lipinski definition) is 0. The van der Waals surface area contributed by atoms with E-state index in [1.165, 1.54) is 0 Å². The molecular weight excluding hydrogens is 556 g/mol. The van der Waals surface area contributed by atoms with E-state index in [0.29, 0.717) is 4.66 Å². The Morgan fingerprint density at radius 3 is 1.27 bits per heavy atom. The molecule has 0 atom stereocenters. The summed E-state index contributed by atoms with van der Waals surface area (Å²) in [6.45, 7) is 39.1. The van der Waals surface area contributed by atoms with Crippen LogP contribution in [0.3, 0.4) is 0 Å². The topological polar surface area (TPSA) is 0 Å². The average molecular weight is 612 g/mol. The predicted molar refractivity (Wildman–Crippen MR) is 168 cm³/mol. The van der Waals surface area contributed by atoms with Gasteiger partial charge in [0.2, 0.25) is 0 Å². The molecule has 0 aromatic carbocycles. The fourth-order valence-electron chi connectivity index (χ4n) is 5.47. The van der Waals surface area contributed by atoms with Gasteiger partial charge in [-0.2, -0.15) is 11.3 Å². The minimum atomic E-state index is -1.47. The van der Waals surface area contributed by atoms with Crippen LogP contribution in [0.2, 0.25) is 103 Å². The van der Waals surface area contributed by atoms with Gasteiger partial charge in [-0.15, -0.1) is 6.42 Å². The molecule has 0 radical (unpaired) electrons. The van der Waals surface area contributed by atoms with Gasteiger partial charge in [0.05, 0.1) is 8.07 Å². The van der Waals surface area contributed by atoms with E-state index < -0.39 is 40.4 Å². The summed E-state index contributed by atoms with van der Waals surface area (Å²) >= 11 is 0. The molecule has 0 amide bonds. The maximum Gasteiger partial charge on any atom is 4.00 e. The van der Waals surface area contributed by atoms with Crippen LogP contribution in [-0.4, -0.2) is 40.4 Å². The Balaban J connectivity index is -0.000000991. The SMILES string of the molecule is C[Si](C)(C)C1=[C-]C([Si](C)(C)C)([Si](C)(C)C)C([Si](C)(C)C)=C1[Si](C)(C)C.[C-]1=CC=CC1.[CH3-].[CH3-].[Zr+4]. The van der Waals surface area contributed by atoms with Crippen molar-refractivity contribution in [2.24, 2.45) is 0 Å². The molecule has 0 aromatic rings. The molecule has 188 valence electrons. The van der Waals surface area contributed by atoms with Crippen LogP contribution in [0.15, 0.2) is 33.8 Å². The van der Waals surface area contributed by atoms with Gasteiger partial charge in [0.25, 0.3) is 0 Å². The van der Waals surface area contributed by atoms with Crippen molar-refractivity contribution in [2.75, 3.05) is 0 Å². The van der Waals surface area contributed by atoms with Crippen LogP contribution in [0.1, 0.15) is 6.42 Å². The summed E-state index contributed by atoms with van der Waals surface area (Å²) in [5, 5.41) is 5.60. The molecular formula is C27H56Si5Zr. The van der Waals surface area contributed by atoms with Gasteiger partial charge in [0.1, 0.15) is 0 Å². The third-order valence-corrected chi connectivity index (χ3v) is 23.0. The van der Waals surface area contributed by atoms with Crippen LogP contribution in [0, 0.1) is 27.0 Å². The Hall–Kier alpha value is 0.928. The van der Waals surface area contributed by atoms with Crippen molar-refractivity contribution in [2.45, 2.75) is 109 Å². The van der Waals surface area contributed by atoms with E-state index >= 15 is 0 Å². The third kappa shape index (κ3) is 8.48. The molecule has 2 aliphatic carbocycles. The van der Waals surface area contributed by atoms with Crippen molar-refractivity contribution in [3.8, 4) is 0 Å². The molecule has 0 nitrogen and oxygen atoms in total. The van der Waals surface area contributed by atoms with Gasteiger partial charge in [-0.1, -0.05) is 103 Å². The van der Waals surface area contributed by atoms with E-state index in [0.717, 1.165) is 6.42 Å². The van der Waals surface area contributed by atoms with Gasteiger partial charge in [-0.25, -0.2) is 22.5 Å². The Morgan fingerprint density at radius 2 is 1.09 bits per heavy atom. The first-order chi connectivity index (χ1) is 13.1. The first-order valence-corrected chi connectivity index (χ1v) is 29.2. The van der Waals surface area contributed by atoms with Gasteiger partial charge in [-0.3, -0.25) is 12.2 Å². The first-order valence-electron chi connectivity index (χ1n) is 11.7. The zero-order chi connectivity index (χ0) is 24.0. The number of hydrogen-bond donors (Lipinski definition) is 0. The van der Waals surface area contributed by atoms with Crippen molar-refractivity contribution in [3.05, 3.63) is 60.8 Å². The second kappa shape index (κ2) is 12.4. The van der Waals surface area contributed by atoms with Crippen molar-refractivity contribution in [1.29, 1.82) is 0 Å². The van der Waals surface area contributed by atoms with Crippen LogP contribution in [-0.2, 0) is 26.2 Å². The Bertz CT molecular complexity index is 729. The molecule has 0 unspecified atom stereocenters. The summed E-state index contributed by atoms with van der Waals surface area (Å²) in [6, 6.07) is 0. The minimum Gasteiger partial charge on any atom is -0.358 e. The number of rotatable bonds is 5. The third-order valence-electron chi connectivity index (χ3n) is 6.27. The summed E-state index contributed by atoms with van der Waals surface area (Å²) in [5.74, 6) is 0. The molecule has 6 heteroatoms. The molecule has 0 aliphatic heterocycles. The fourth-order valence-corrected chi connectivity index (χ4v) is 32.1. The standard InChI is InChI=1S/C20H45Si5.C5H5.2CH3.Zr/c1-21(2,3)17-16-20(24(10,11)12,25(13,14)15)19(23(7,8)9)18(17)22(4,5)6;1-2-4-5-3-1;;;/h1-15H3;1-3H,4H2;2*1H3;/q4*-1;+4. The largest absolute Gasteiger partial charge is 4.00 e. The number of allylic oxidation sites excluding steroid dienone is 8. The van der Waals surface area contributed by atoms with Gasteiger partial charge in [0, 0.05) is 24.2 Å². The maximum absolute atomic E-state index is 4.43. The molecule has 0 saturated heterocycles. The van der Waals surface area contributed by atoms with Crippen molar-refractivity contribution in [3.63, 3.8) is 0 Å². The average Bonchev–Trinajstić information content (AvgIpc) is 3.13. The Morgan fingerprint density at radius 1 is 0.667 bits per heavy atom. The van der Waals surface area contributed by atoms with E-state index in [1.807, 2.05) is 22.5 Å². The van der Waals surface area contributed by atoms with E-state index in [4.69, 9.17) is 0 Å². The Labute approximate surface area is 235 Å². The van der Waals surface area contributed by atoms with Gasteiger partial charge < -0.3 is 14.9 Å².